The third kappa shape index (κ3) is 2.42. The van der Waals surface area contributed by atoms with Gasteiger partial charge in [-0.1, -0.05) is 30.3 Å². The fourth-order valence-corrected chi connectivity index (χ4v) is 3.35. The second-order valence-corrected chi connectivity index (χ2v) is 5.98. The SMILES string of the molecule is CN(C)C1(c2ccccc2)CCC(C(=O)O)(C(=O)O)CC1. The van der Waals surface area contributed by atoms with E-state index in [0.29, 0.717) is 12.8 Å². The molecule has 0 aliphatic heterocycles. The van der Waals surface area contributed by atoms with E-state index in [2.05, 4.69) is 4.90 Å². The molecule has 0 spiro atoms. The largest absolute Gasteiger partial charge is 0.480 e. The molecule has 0 bridgehead atoms. The normalized spacial score (nSPS) is 20.1. The molecule has 5 heteroatoms. The Balaban J connectivity index is 2.35. The number of carbonyl (C=O) groups is 2. The van der Waals surface area contributed by atoms with Crippen LogP contribution in [0.5, 0.6) is 0 Å². The van der Waals surface area contributed by atoms with Gasteiger partial charge < -0.3 is 10.2 Å². The van der Waals surface area contributed by atoms with Gasteiger partial charge >= 0.3 is 11.9 Å². The summed E-state index contributed by atoms with van der Waals surface area (Å²) in [7, 11) is 3.92. The topological polar surface area (TPSA) is 77.8 Å². The highest BCUT2D eigenvalue weighted by atomic mass is 16.4. The first kappa shape index (κ1) is 15.5. The molecular formula is C16H21NO4. The van der Waals surface area contributed by atoms with E-state index in [4.69, 9.17) is 0 Å². The molecule has 0 saturated heterocycles. The summed E-state index contributed by atoms with van der Waals surface area (Å²) in [5.41, 5.74) is -0.830. The third-order valence-corrected chi connectivity index (χ3v) is 4.92. The van der Waals surface area contributed by atoms with Crippen molar-refractivity contribution in [3.8, 4) is 0 Å². The van der Waals surface area contributed by atoms with Gasteiger partial charge in [-0.2, -0.15) is 0 Å². The Kier molecular flexibility index (Phi) is 4.05. The van der Waals surface area contributed by atoms with E-state index in [1.807, 2.05) is 44.4 Å². The Labute approximate surface area is 124 Å². The zero-order chi connectivity index (χ0) is 15.7. The number of carboxylic acid groups (broad SMARTS) is 2. The van der Waals surface area contributed by atoms with Crippen molar-refractivity contribution in [3.63, 3.8) is 0 Å². The number of nitrogens with zero attached hydrogens (tertiary/aromatic N) is 1. The molecule has 2 N–H and O–H groups in total. The van der Waals surface area contributed by atoms with Crippen molar-refractivity contribution in [2.24, 2.45) is 5.41 Å². The summed E-state index contributed by atoms with van der Waals surface area (Å²) >= 11 is 0. The maximum atomic E-state index is 11.4. The highest BCUT2D eigenvalue weighted by molar-refractivity contribution is 5.98. The molecule has 21 heavy (non-hydrogen) atoms. The van der Waals surface area contributed by atoms with Crippen molar-refractivity contribution < 1.29 is 19.8 Å². The number of carboxylic acids is 2. The fraction of sp³-hybridized carbons (Fsp3) is 0.500. The van der Waals surface area contributed by atoms with Crippen LogP contribution in [0.15, 0.2) is 30.3 Å². The van der Waals surface area contributed by atoms with Crippen LogP contribution in [0.1, 0.15) is 31.2 Å². The van der Waals surface area contributed by atoms with Gasteiger partial charge in [-0.15, -0.1) is 0 Å². The van der Waals surface area contributed by atoms with Crippen LogP contribution >= 0.6 is 0 Å². The van der Waals surface area contributed by atoms with Crippen molar-refractivity contribution in [2.45, 2.75) is 31.2 Å². The highest BCUT2D eigenvalue weighted by Crippen LogP contribution is 2.48. The van der Waals surface area contributed by atoms with E-state index in [9.17, 15) is 19.8 Å². The molecule has 0 aromatic heterocycles. The number of rotatable bonds is 4. The van der Waals surface area contributed by atoms with Crippen LogP contribution in [-0.2, 0) is 15.1 Å². The van der Waals surface area contributed by atoms with Gasteiger partial charge in [0, 0.05) is 5.54 Å². The van der Waals surface area contributed by atoms with Crippen molar-refractivity contribution in [3.05, 3.63) is 35.9 Å². The minimum absolute atomic E-state index is 0.144. The zero-order valence-electron chi connectivity index (χ0n) is 12.4. The quantitative estimate of drug-likeness (QED) is 0.831. The van der Waals surface area contributed by atoms with Gasteiger partial charge in [0.25, 0.3) is 0 Å². The summed E-state index contributed by atoms with van der Waals surface area (Å²) in [5.74, 6) is -2.45. The molecule has 1 fully saturated rings. The van der Waals surface area contributed by atoms with Gasteiger partial charge in [0.15, 0.2) is 5.41 Å². The number of aliphatic carboxylic acids is 2. The van der Waals surface area contributed by atoms with Gasteiger partial charge in [-0.3, -0.25) is 14.5 Å². The maximum absolute atomic E-state index is 11.4. The minimum atomic E-state index is -1.64. The predicted octanol–water partition coefficient (Wildman–Crippen LogP) is 2.17. The Morgan fingerprint density at radius 1 is 0.952 bits per heavy atom. The Morgan fingerprint density at radius 2 is 1.43 bits per heavy atom. The molecule has 0 radical (unpaired) electrons. The van der Waals surface area contributed by atoms with Crippen LogP contribution in [0.2, 0.25) is 0 Å². The molecular weight excluding hydrogens is 270 g/mol. The summed E-state index contributed by atoms with van der Waals surface area (Å²) in [4.78, 5) is 25.0. The first-order valence-corrected chi connectivity index (χ1v) is 7.05. The summed E-state index contributed by atoms with van der Waals surface area (Å²) < 4.78 is 0. The molecule has 114 valence electrons. The smallest absolute Gasteiger partial charge is 0.321 e. The lowest BCUT2D eigenvalue weighted by atomic mass is 9.64. The Hall–Kier alpha value is -1.88. The molecule has 0 heterocycles. The lowest BCUT2D eigenvalue weighted by molar-refractivity contribution is -0.169. The Bertz CT molecular complexity index is 514. The highest BCUT2D eigenvalue weighted by Gasteiger charge is 2.53. The van der Waals surface area contributed by atoms with Crippen molar-refractivity contribution in [1.82, 2.24) is 4.90 Å². The van der Waals surface area contributed by atoms with E-state index in [-0.39, 0.29) is 18.4 Å². The molecule has 1 saturated carbocycles. The van der Waals surface area contributed by atoms with Gasteiger partial charge in [0.1, 0.15) is 0 Å². The van der Waals surface area contributed by atoms with Crippen LogP contribution in [0.3, 0.4) is 0 Å². The second-order valence-electron chi connectivity index (χ2n) is 5.98. The summed E-state index contributed by atoms with van der Waals surface area (Å²) in [6.07, 6.45) is 1.32. The molecule has 1 aliphatic rings. The van der Waals surface area contributed by atoms with Crippen LogP contribution in [-0.4, -0.2) is 41.1 Å². The van der Waals surface area contributed by atoms with Crippen LogP contribution in [0.4, 0.5) is 0 Å². The average Bonchev–Trinajstić information content (AvgIpc) is 2.47. The van der Waals surface area contributed by atoms with Crippen molar-refractivity contribution in [2.75, 3.05) is 14.1 Å². The number of hydrogen-bond donors (Lipinski definition) is 2. The van der Waals surface area contributed by atoms with Crippen LogP contribution < -0.4 is 0 Å². The number of benzene rings is 1. The van der Waals surface area contributed by atoms with E-state index >= 15 is 0 Å². The molecule has 1 aliphatic carbocycles. The third-order valence-electron chi connectivity index (χ3n) is 4.92. The van der Waals surface area contributed by atoms with E-state index in [1.165, 1.54) is 0 Å². The summed E-state index contributed by atoms with van der Waals surface area (Å²) in [6, 6.07) is 9.89. The standard InChI is InChI=1S/C16H21NO4/c1-17(2)16(12-6-4-3-5-7-12)10-8-15(9-11-16,13(18)19)14(20)21/h3-7H,8-11H2,1-2H3,(H,18,19)(H,20,21). The first-order chi connectivity index (χ1) is 9.85. The summed E-state index contributed by atoms with van der Waals surface area (Å²) in [6.45, 7) is 0. The molecule has 0 amide bonds. The van der Waals surface area contributed by atoms with E-state index in [0.717, 1.165) is 5.56 Å². The lowest BCUT2D eigenvalue weighted by Gasteiger charge is -2.47. The molecule has 0 unspecified atom stereocenters. The molecule has 1 aromatic carbocycles. The first-order valence-electron chi connectivity index (χ1n) is 7.05. The Morgan fingerprint density at radius 3 is 1.81 bits per heavy atom. The zero-order valence-corrected chi connectivity index (χ0v) is 12.4. The van der Waals surface area contributed by atoms with Crippen LogP contribution in [0.25, 0.3) is 0 Å². The van der Waals surface area contributed by atoms with Crippen molar-refractivity contribution in [1.29, 1.82) is 0 Å². The number of hydrogen-bond acceptors (Lipinski definition) is 3. The predicted molar refractivity (Wildman–Crippen MR) is 78.0 cm³/mol. The molecule has 1 aromatic rings. The van der Waals surface area contributed by atoms with E-state index < -0.39 is 17.4 Å². The van der Waals surface area contributed by atoms with Gasteiger partial charge in [-0.25, -0.2) is 0 Å². The van der Waals surface area contributed by atoms with Crippen molar-refractivity contribution >= 4 is 11.9 Å². The minimum Gasteiger partial charge on any atom is -0.480 e. The van der Waals surface area contributed by atoms with Gasteiger partial charge in [-0.05, 0) is 45.3 Å². The fourth-order valence-electron chi connectivity index (χ4n) is 3.35. The lowest BCUT2D eigenvalue weighted by Crippen LogP contribution is -2.51. The second kappa shape index (κ2) is 5.48. The molecule has 5 nitrogen and oxygen atoms in total. The van der Waals surface area contributed by atoms with Gasteiger partial charge in [0.05, 0.1) is 0 Å². The maximum Gasteiger partial charge on any atom is 0.321 e. The average molecular weight is 291 g/mol. The monoisotopic (exact) mass is 291 g/mol. The van der Waals surface area contributed by atoms with Gasteiger partial charge in [0.2, 0.25) is 0 Å². The molecule has 2 rings (SSSR count). The summed E-state index contributed by atoms with van der Waals surface area (Å²) in [5, 5.41) is 18.7. The molecule has 0 atom stereocenters. The van der Waals surface area contributed by atoms with E-state index in [1.54, 1.807) is 0 Å². The van der Waals surface area contributed by atoms with Crippen LogP contribution in [0, 0.1) is 5.41 Å².